The Morgan fingerprint density at radius 3 is 2.14 bits per heavy atom. The molecule has 3 aromatic rings. The number of nitrogens with one attached hydrogen (secondary N) is 3. The summed E-state index contributed by atoms with van der Waals surface area (Å²) in [5, 5.41) is 35.3. The van der Waals surface area contributed by atoms with Crippen molar-refractivity contribution in [2.75, 3.05) is 18.4 Å². The molecule has 2 aliphatic rings. The fourth-order valence-electron chi connectivity index (χ4n) is 4.31. The Morgan fingerprint density at radius 1 is 0.914 bits per heavy atom. The van der Waals surface area contributed by atoms with Crippen molar-refractivity contribution in [1.29, 1.82) is 0 Å². The number of benzene rings is 3. The van der Waals surface area contributed by atoms with E-state index in [1.165, 1.54) is 24.3 Å². The molecular weight excluding hydrogens is 474 g/mol. The number of ether oxygens (including phenoxy) is 2. The Labute approximate surface area is 204 Å². The number of carbonyl (C=O) groups is 2. The third kappa shape index (κ3) is 3.81. The molecule has 2 aliphatic heterocycles. The van der Waals surface area contributed by atoms with Gasteiger partial charge < -0.3 is 35.4 Å². The van der Waals surface area contributed by atoms with E-state index in [2.05, 4.69) is 16.0 Å². The van der Waals surface area contributed by atoms with E-state index in [4.69, 9.17) is 26.8 Å². The zero-order chi connectivity index (χ0) is 24.7. The maximum absolute atomic E-state index is 13.1. The first kappa shape index (κ1) is 22.3. The van der Waals surface area contributed by atoms with Crippen LogP contribution in [0.5, 0.6) is 23.0 Å². The number of amides is 1. The van der Waals surface area contributed by atoms with Gasteiger partial charge in [-0.05, 0) is 48.6 Å². The lowest BCUT2D eigenvalue weighted by Crippen LogP contribution is -2.36. The summed E-state index contributed by atoms with van der Waals surface area (Å²) in [6.07, 6.45) is -0.876. The van der Waals surface area contributed by atoms with Gasteiger partial charge in [-0.3, -0.25) is 5.32 Å². The van der Waals surface area contributed by atoms with Crippen LogP contribution in [0.4, 0.5) is 10.5 Å². The summed E-state index contributed by atoms with van der Waals surface area (Å²) in [6, 6.07) is 14.3. The van der Waals surface area contributed by atoms with Crippen LogP contribution in [0.3, 0.4) is 0 Å². The lowest BCUT2D eigenvalue weighted by atomic mass is 9.77. The van der Waals surface area contributed by atoms with Crippen LogP contribution in [0.25, 0.3) is 0 Å². The summed E-state index contributed by atoms with van der Waals surface area (Å²) in [6.45, 7) is 0.551. The molecule has 0 radical (unpaired) electrons. The van der Waals surface area contributed by atoms with Crippen LogP contribution in [-0.4, -0.2) is 45.6 Å². The van der Waals surface area contributed by atoms with Crippen molar-refractivity contribution < 1.29 is 34.4 Å². The molecule has 35 heavy (non-hydrogen) atoms. The first-order valence-electron chi connectivity index (χ1n) is 10.5. The van der Waals surface area contributed by atoms with Gasteiger partial charge >= 0.3 is 12.1 Å². The second kappa shape index (κ2) is 8.37. The second-order valence-corrected chi connectivity index (χ2v) is 8.34. The number of hydrogen-bond acceptors (Lipinski definition) is 7. The SMILES string of the molecule is O=C([OH2+])NCCNC(=S)Nc1ccc2c(c1)C(=O)OC21c2ccc(O)cc2Oc2cc(O)ccc21. The lowest BCUT2D eigenvalue weighted by Gasteiger charge is -2.36. The van der Waals surface area contributed by atoms with Crippen molar-refractivity contribution in [2.45, 2.75) is 5.60 Å². The maximum atomic E-state index is 13.1. The number of rotatable bonds is 4. The molecule has 0 unspecified atom stereocenters. The highest BCUT2D eigenvalue weighted by atomic mass is 32.1. The van der Waals surface area contributed by atoms with Crippen LogP contribution in [0.1, 0.15) is 27.0 Å². The molecule has 10 nitrogen and oxygen atoms in total. The molecule has 0 aromatic heterocycles. The summed E-state index contributed by atoms with van der Waals surface area (Å²) < 4.78 is 12.0. The van der Waals surface area contributed by atoms with Gasteiger partial charge in [0.2, 0.25) is 0 Å². The van der Waals surface area contributed by atoms with Gasteiger partial charge in [-0.15, -0.1) is 0 Å². The van der Waals surface area contributed by atoms with Gasteiger partial charge in [-0.25, -0.2) is 4.79 Å². The van der Waals surface area contributed by atoms with Crippen molar-refractivity contribution in [2.24, 2.45) is 0 Å². The predicted molar refractivity (Wildman–Crippen MR) is 129 cm³/mol. The third-order valence-electron chi connectivity index (χ3n) is 5.73. The highest BCUT2D eigenvalue weighted by molar-refractivity contribution is 7.80. The zero-order valence-corrected chi connectivity index (χ0v) is 18.9. The van der Waals surface area contributed by atoms with Crippen LogP contribution in [0.15, 0.2) is 54.6 Å². The molecule has 0 saturated heterocycles. The molecule has 0 fully saturated rings. The zero-order valence-electron chi connectivity index (χ0n) is 18.0. The molecule has 11 heteroatoms. The van der Waals surface area contributed by atoms with Crippen LogP contribution in [0, 0.1) is 0 Å². The van der Waals surface area contributed by atoms with Gasteiger partial charge in [-0.1, -0.05) is 6.07 Å². The van der Waals surface area contributed by atoms with Gasteiger partial charge in [-0.2, -0.15) is 0 Å². The van der Waals surface area contributed by atoms with E-state index in [0.717, 1.165) is 0 Å². The van der Waals surface area contributed by atoms with Crippen LogP contribution in [-0.2, 0) is 10.3 Å². The van der Waals surface area contributed by atoms with Gasteiger partial charge in [0.05, 0.1) is 10.4 Å². The first-order valence-corrected chi connectivity index (χ1v) is 11.0. The van der Waals surface area contributed by atoms with Gasteiger partial charge in [0.1, 0.15) is 23.0 Å². The fraction of sp³-hybridized carbons (Fsp3) is 0.125. The Balaban J connectivity index is 1.51. The summed E-state index contributed by atoms with van der Waals surface area (Å²) >= 11 is 5.26. The molecule has 1 spiro atoms. The Morgan fingerprint density at radius 2 is 1.51 bits per heavy atom. The van der Waals surface area contributed by atoms with E-state index in [0.29, 0.717) is 46.0 Å². The molecule has 0 aliphatic carbocycles. The number of anilines is 1. The van der Waals surface area contributed by atoms with E-state index in [1.54, 1.807) is 30.3 Å². The number of fused-ring (bicyclic) bond motifs is 6. The van der Waals surface area contributed by atoms with Crippen molar-refractivity contribution in [3.05, 3.63) is 76.9 Å². The number of phenols is 2. The molecule has 0 saturated carbocycles. The van der Waals surface area contributed by atoms with Crippen molar-refractivity contribution >= 4 is 35.1 Å². The van der Waals surface area contributed by atoms with E-state index < -0.39 is 17.7 Å². The van der Waals surface area contributed by atoms with Crippen LogP contribution < -0.4 is 20.7 Å². The van der Waals surface area contributed by atoms with Crippen molar-refractivity contribution in [3.8, 4) is 23.0 Å². The summed E-state index contributed by atoms with van der Waals surface area (Å²) in [5.41, 5.74) is 1.18. The largest absolute Gasteiger partial charge is 0.626 e. The Bertz CT molecular complexity index is 1340. The molecule has 2 heterocycles. The maximum Gasteiger partial charge on any atom is 0.626 e. The molecule has 3 aromatic carbocycles. The van der Waals surface area contributed by atoms with Crippen LogP contribution >= 0.6 is 12.2 Å². The number of thiocarbonyl (C=S) groups is 1. The number of esters is 1. The monoisotopic (exact) mass is 494 g/mol. The average Bonchev–Trinajstić information content (AvgIpc) is 3.08. The number of hydrogen-bond donors (Lipinski definition) is 5. The highest BCUT2D eigenvalue weighted by Crippen LogP contribution is 2.57. The smallest absolute Gasteiger partial charge is 0.547 e. The summed E-state index contributed by atoms with van der Waals surface area (Å²) in [5.74, 6) is 0.0117. The van der Waals surface area contributed by atoms with Gasteiger partial charge in [0.25, 0.3) is 0 Å². The van der Waals surface area contributed by atoms with Crippen molar-refractivity contribution in [1.82, 2.24) is 10.6 Å². The summed E-state index contributed by atoms with van der Waals surface area (Å²) in [7, 11) is 0. The third-order valence-corrected chi connectivity index (χ3v) is 5.97. The molecular formula is C24H20N3O7S+. The predicted octanol–water partition coefficient (Wildman–Crippen LogP) is 2.39. The highest BCUT2D eigenvalue weighted by Gasteiger charge is 2.53. The molecule has 0 atom stereocenters. The number of phenolic OH excluding ortho intramolecular Hbond substituents is 2. The minimum absolute atomic E-state index is 0.0186. The van der Waals surface area contributed by atoms with E-state index >= 15 is 0 Å². The lowest BCUT2D eigenvalue weighted by molar-refractivity contribution is 0.0224. The quantitative estimate of drug-likeness (QED) is 0.159. The standard InChI is InChI=1S/C24H19N3O7S/c28-13-2-5-17-19(10-13)33-20-11-14(29)3-6-18(20)24(17)16-4-1-12(9-15(16)21(30)34-24)27-22(35)25-7-8-26-23(31)32/h1-6,9-11,26,28-29H,7-8H2,(H,31,32)(H2,25,27,35)/p+1. The van der Waals surface area contributed by atoms with E-state index in [9.17, 15) is 19.8 Å². The Kier molecular flexibility index (Phi) is 5.33. The molecule has 5 rings (SSSR count). The van der Waals surface area contributed by atoms with Crippen LogP contribution in [0.2, 0.25) is 0 Å². The van der Waals surface area contributed by atoms with E-state index in [-0.39, 0.29) is 23.2 Å². The minimum Gasteiger partial charge on any atom is -0.547 e. The molecule has 1 amide bonds. The summed E-state index contributed by atoms with van der Waals surface area (Å²) in [4.78, 5) is 23.7. The fourth-order valence-corrected chi connectivity index (χ4v) is 4.53. The van der Waals surface area contributed by atoms with Crippen molar-refractivity contribution in [3.63, 3.8) is 0 Å². The molecule has 0 bridgehead atoms. The van der Waals surface area contributed by atoms with Gasteiger partial charge in [0, 0.05) is 47.6 Å². The van der Waals surface area contributed by atoms with Gasteiger partial charge in [0.15, 0.2) is 10.7 Å². The van der Waals surface area contributed by atoms with E-state index in [1.807, 2.05) is 0 Å². The molecule has 7 N–H and O–H groups in total. The minimum atomic E-state index is -1.33. The number of aromatic hydroxyl groups is 2. The topological polar surface area (TPSA) is 152 Å². The molecule has 178 valence electrons. The number of carbonyl (C=O) groups excluding carboxylic acids is 2. The average molecular weight is 495 g/mol. The second-order valence-electron chi connectivity index (χ2n) is 7.93. The first-order chi connectivity index (χ1) is 16.8. The normalized spacial score (nSPS) is 14.1. The Hall–Kier alpha value is -4.51.